The Morgan fingerprint density at radius 1 is 1.26 bits per heavy atom. The lowest BCUT2D eigenvalue weighted by Crippen LogP contribution is -2.23. The quantitative estimate of drug-likeness (QED) is 0.626. The summed E-state index contributed by atoms with van der Waals surface area (Å²) in [5.74, 6) is -0.138. The summed E-state index contributed by atoms with van der Waals surface area (Å²) in [7, 11) is 1.75. The number of nitrogens with one attached hydrogen (secondary N) is 1. The van der Waals surface area contributed by atoms with Crippen LogP contribution in [0.15, 0.2) is 47.6 Å². The number of halogens is 2. The summed E-state index contributed by atoms with van der Waals surface area (Å²) in [6, 6.07) is 11.7. The highest BCUT2D eigenvalue weighted by Gasteiger charge is 2.21. The molecule has 1 atom stereocenters. The third kappa shape index (κ3) is 4.31. The van der Waals surface area contributed by atoms with Gasteiger partial charge in [-0.1, -0.05) is 41.6 Å². The number of amides is 1. The van der Waals surface area contributed by atoms with Gasteiger partial charge in [-0.25, -0.2) is 4.39 Å². The van der Waals surface area contributed by atoms with Crippen LogP contribution in [-0.4, -0.2) is 25.9 Å². The van der Waals surface area contributed by atoms with E-state index in [-0.39, 0.29) is 11.7 Å². The number of hydrogen-bond donors (Lipinski definition) is 1. The van der Waals surface area contributed by atoms with Gasteiger partial charge in [-0.05, 0) is 43.7 Å². The van der Waals surface area contributed by atoms with Crippen molar-refractivity contribution >= 4 is 35.0 Å². The SMILES string of the molecule is Cc1ccc(Cl)cc1NC(=O)[C@H](C)Sc1nnc(-c2ccccc2F)n1C. The van der Waals surface area contributed by atoms with E-state index in [4.69, 9.17) is 11.6 Å². The van der Waals surface area contributed by atoms with E-state index >= 15 is 0 Å². The first kappa shape index (κ1) is 19.4. The highest BCUT2D eigenvalue weighted by atomic mass is 35.5. The van der Waals surface area contributed by atoms with E-state index in [0.29, 0.717) is 27.3 Å². The molecule has 0 saturated heterocycles. The van der Waals surface area contributed by atoms with Gasteiger partial charge in [0.05, 0.1) is 10.8 Å². The number of nitrogens with zero attached hydrogens (tertiary/aromatic N) is 3. The fraction of sp³-hybridized carbons (Fsp3) is 0.211. The third-order valence-electron chi connectivity index (χ3n) is 4.06. The zero-order chi connectivity index (χ0) is 19.6. The molecule has 0 aliphatic heterocycles. The van der Waals surface area contributed by atoms with E-state index in [1.54, 1.807) is 48.9 Å². The summed E-state index contributed by atoms with van der Waals surface area (Å²) in [6.07, 6.45) is 0. The van der Waals surface area contributed by atoms with Gasteiger partial charge < -0.3 is 9.88 Å². The second-order valence-electron chi connectivity index (χ2n) is 6.05. The summed E-state index contributed by atoms with van der Waals surface area (Å²) >= 11 is 7.25. The first-order valence-corrected chi connectivity index (χ1v) is 9.50. The topological polar surface area (TPSA) is 59.8 Å². The largest absolute Gasteiger partial charge is 0.325 e. The van der Waals surface area contributed by atoms with Crippen molar-refractivity contribution in [3.05, 3.63) is 58.9 Å². The number of anilines is 1. The number of carbonyl (C=O) groups excluding carboxylic acids is 1. The Morgan fingerprint density at radius 2 is 2.00 bits per heavy atom. The Kier molecular flexibility index (Phi) is 5.82. The van der Waals surface area contributed by atoms with Gasteiger partial charge in [-0.3, -0.25) is 4.79 Å². The molecule has 0 aliphatic carbocycles. The molecule has 8 heteroatoms. The number of thioether (sulfide) groups is 1. The monoisotopic (exact) mass is 404 g/mol. The molecule has 0 fully saturated rings. The van der Waals surface area contributed by atoms with Crippen LogP contribution in [-0.2, 0) is 11.8 Å². The highest BCUT2D eigenvalue weighted by Crippen LogP contribution is 2.28. The van der Waals surface area contributed by atoms with Crippen molar-refractivity contribution in [1.82, 2.24) is 14.8 Å². The Morgan fingerprint density at radius 3 is 2.74 bits per heavy atom. The molecule has 27 heavy (non-hydrogen) atoms. The lowest BCUT2D eigenvalue weighted by Gasteiger charge is -2.13. The summed E-state index contributed by atoms with van der Waals surface area (Å²) in [5, 5.41) is 11.7. The minimum absolute atomic E-state index is 0.180. The van der Waals surface area contributed by atoms with Crippen molar-refractivity contribution in [2.45, 2.75) is 24.3 Å². The van der Waals surface area contributed by atoms with Crippen LogP contribution in [0.4, 0.5) is 10.1 Å². The van der Waals surface area contributed by atoms with Gasteiger partial charge in [-0.15, -0.1) is 10.2 Å². The van der Waals surface area contributed by atoms with Crippen molar-refractivity contribution in [2.24, 2.45) is 7.05 Å². The highest BCUT2D eigenvalue weighted by molar-refractivity contribution is 8.00. The maximum atomic E-state index is 14.0. The van der Waals surface area contributed by atoms with Crippen LogP contribution in [0.25, 0.3) is 11.4 Å². The molecule has 3 rings (SSSR count). The van der Waals surface area contributed by atoms with Crippen molar-refractivity contribution in [2.75, 3.05) is 5.32 Å². The van der Waals surface area contributed by atoms with Crippen molar-refractivity contribution in [1.29, 1.82) is 0 Å². The minimum Gasteiger partial charge on any atom is -0.325 e. The lowest BCUT2D eigenvalue weighted by atomic mass is 10.2. The standard InChI is InChI=1S/C19H18ClFN4OS/c1-11-8-9-13(20)10-16(11)22-18(26)12(2)27-19-24-23-17(25(19)3)14-6-4-5-7-15(14)21/h4-10,12H,1-3H3,(H,22,26)/t12-/m0/s1. The third-order valence-corrected chi connectivity index (χ3v) is 5.43. The maximum absolute atomic E-state index is 14.0. The van der Waals surface area contributed by atoms with E-state index in [0.717, 1.165) is 5.56 Å². The van der Waals surface area contributed by atoms with Crippen LogP contribution in [0.2, 0.25) is 5.02 Å². The minimum atomic E-state index is -0.431. The van der Waals surface area contributed by atoms with Gasteiger partial charge in [0.15, 0.2) is 11.0 Å². The Labute approximate surface area is 166 Å². The molecule has 0 radical (unpaired) electrons. The zero-order valence-corrected chi connectivity index (χ0v) is 16.6. The molecular formula is C19H18ClFN4OS. The maximum Gasteiger partial charge on any atom is 0.237 e. The van der Waals surface area contributed by atoms with Crippen LogP contribution in [0.1, 0.15) is 12.5 Å². The second-order valence-corrected chi connectivity index (χ2v) is 7.80. The number of aryl methyl sites for hydroxylation is 1. The van der Waals surface area contributed by atoms with Gasteiger partial charge >= 0.3 is 0 Å². The molecule has 0 bridgehead atoms. The normalized spacial score (nSPS) is 12.0. The van der Waals surface area contributed by atoms with Crippen LogP contribution in [0.3, 0.4) is 0 Å². The Bertz CT molecular complexity index is 992. The first-order valence-electron chi connectivity index (χ1n) is 8.24. The predicted molar refractivity (Wildman–Crippen MR) is 107 cm³/mol. The van der Waals surface area contributed by atoms with Crippen LogP contribution >= 0.6 is 23.4 Å². The van der Waals surface area contributed by atoms with Crippen molar-refractivity contribution in [3.8, 4) is 11.4 Å². The molecule has 0 unspecified atom stereocenters. The van der Waals surface area contributed by atoms with Crippen molar-refractivity contribution < 1.29 is 9.18 Å². The lowest BCUT2D eigenvalue weighted by molar-refractivity contribution is -0.115. The van der Waals surface area contributed by atoms with Gasteiger partial charge in [0.1, 0.15) is 5.82 Å². The summed E-state index contributed by atoms with van der Waals surface area (Å²) in [5.41, 5.74) is 1.96. The van der Waals surface area contributed by atoms with Crippen LogP contribution in [0.5, 0.6) is 0 Å². The van der Waals surface area contributed by atoms with E-state index in [9.17, 15) is 9.18 Å². The fourth-order valence-corrected chi connectivity index (χ4v) is 3.46. The molecule has 3 aromatic rings. The van der Waals surface area contributed by atoms with E-state index in [2.05, 4.69) is 15.5 Å². The number of rotatable bonds is 5. The molecule has 0 spiro atoms. The smallest absolute Gasteiger partial charge is 0.237 e. The molecule has 1 amide bonds. The van der Waals surface area contributed by atoms with Crippen LogP contribution in [0, 0.1) is 12.7 Å². The van der Waals surface area contributed by atoms with E-state index in [1.165, 1.54) is 17.8 Å². The molecular weight excluding hydrogens is 387 g/mol. The van der Waals surface area contributed by atoms with E-state index in [1.807, 2.05) is 13.0 Å². The second kappa shape index (κ2) is 8.10. The molecule has 140 valence electrons. The summed E-state index contributed by atoms with van der Waals surface area (Å²) in [6.45, 7) is 3.67. The molecule has 1 aromatic heterocycles. The summed E-state index contributed by atoms with van der Waals surface area (Å²) in [4.78, 5) is 12.5. The zero-order valence-electron chi connectivity index (χ0n) is 15.0. The number of hydrogen-bond acceptors (Lipinski definition) is 4. The van der Waals surface area contributed by atoms with Gasteiger partial charge in [0.2, 0.25) is 5.91 Å². The average Bonchev–Trinajstić information content (AvgIpc) is 2.99. The predicted octanol–water partition coefficient (Wildman–Crippen LogP) is 4.70. The average molecular weight is 405 g/mol. The fourth-order valence-electron chi connectivity index (χ4n) is 2.47. The Hall–Kier alpha value is -2.38. The molecule has 5 nitrogen and oxygen atoms in total. The van der Waals surface area contributed by atoms with Crippen LogP contribution < -0.4 is 5.32 Å². The number of carbonyl (C=O) groups is 1. The van der Waals surface area contributed by atoms with Crippen molar-refractivity contribution in [3.63, 3.8) is 0 Å². The van der Waals surface area contributed by atoms with E-state index < -0.39 is 5.25 Å². The molecule has 2 aromatic carbocycles. The summed E-state index contributed by atoms with van der Waals surface area (Å²) < 4.78 is 15.7. The number of aromatic nitrogens is 3. The first-order chi connectivity index (χ1) is 12.9. The Balaban J connectivity index is 1.75. The van der Waals surface area contributed by atoms with Gasteiger partial charge in [0, 0.05) is 17.8 Å². The molecule has 1 N–H and O–H groups in total. The molecule has 0 aliphatic rings. The van der Waals surface area contributed by atoms with Gasteiger partial charge in [-0.2, -0.15) is 0 Å². The molecule has 1 heterocycles. The van der Waals surface area contributed by atoms with Gasteiger partial charge in [0.25, 0.3) is 0 Å². The molecule has 0 saturated carbocycles. The number of benzene rings is 2.